The molecule has 0 saturated carbocycles. The van der Waals surface area contributed by atoms with E-state index in [1.165, 1.54) is 19.9 Å². The third kappa shape index (κ3) is 3.42. The van der Waals surface area contributed by atoms with Crippen LogP contribution < -0.4 is 5.32 Å². The monoisotopic (exact) mass is 405 g/mol. The van der Waals surface area contributed by atoms with Crippen LogP contribution in [0.1, 0.15) is 13.8 Å². The Morgan fingerprint density at radius 2 is 1.70 bits per heavy atom. The highest BCUT2D eigenvalue weighted by molar-refractivity contribution is 7.93. The molecule has 0 fully saturated rings. The van der Waals surface area contributed by atoms with E-state index in [9.17, 15) is 17.6 Å². The van der Waals surface area contributed by atoms with Crippen LogP contribution in [0, 0.1) is 5.82 Å². The molecule has 27 heavy (non-hydrogen) atoms. The number of hydrogen-bond acceptors (Lipinski definition) is 3. The van der Waals surface area contributed by atoms with Crippen molar-refractivity contribution >= 4 is 43.8 Å². The quantitative estimate of drug-likeness (QED) is 0.676. The van der Waals surface area contributed by atoms with Gasteiger partial charge in [-0.2, -0.15) is 0 Å². The lowest BCUT2D eigenvalue weighted by atomic mass is 10.1. The van der Waals surface area contributed by atoms with Gasteiger partial charge in [-0.1, -0.05) is 48.0 Å². The largest absolute Gasteiger partial charge is 0.324 e. The first-order valence-electron chi connectivity index (χ1n) is 8.13. The fraction of sp³-hybridized carbons (Fsp3) is 0.150. The molecular formula is C20H17ClFNO3S. The lowest BCUT2D eigenvalue weighted by Gasteiger charge is -2.24. The van der Waals surface area contributed by atoms with Crippen LogP contribution in [-0.2, 0) is 14.6 Å². The number of nitrogens with one attached hydrogen (secondary N) is 1. The van der Waals surface area contributed by atoms with Crippen LogP contribution in [0.5, 0.6) is 0 Å². The van der Waals surface area contributed by atoms with Crippen molar-refractivity contribution in [1.82, 2.24) is 0 Å². The minimum Gasteiger partial charge on any atom is -0.324 e. The average Bonchev–Trinajstić information content (AvgIpc) is 2.61. The summed E-state index contributed by atoms with van der Waals surface area (Å²) in [6.45, 7) is 2.49. The third-order valence-corrected chi connectivity index (χ3v) is 7.11. The fourth-order valence-electron chi connectivity index (χ4n) is 2.70. The zero-order chi connectivity index (χ0) is 19.8. The van der Waals surface area contributed by atoms with Crippen molar-refractivity contribution in [3.63, 3.8) is 0 Å². The van der Waals surface area contributed by atoms with Gasteiger partial charge in [0.25, 0.3) is 0 Å². The first-order valence-corrected chi connectivity index (χ1v) is 9.99. The Morgan fingerprint density at radius 1 is 1.04 bits per heavy atom. The Kier molecular flexibility index (Phi) is 4.97. The minimum atomic E-state index is -4.30. The number of carbonyl (C=O) groups is 1. The molecule has 0 aliphatic heterocycles. The van der Waals surface area contributed by atoms with Gasteiger partial charge in [0.2, 0.25) is 5.91 Å². The molecule has 0 unspecified atom stereocenters. The fourth-order valence-corrected chi connectivity index (χ4v) is 4.26. The molecule has 0 aliphatic carbocycles. The van der Waals surface area contributed by atoms with Gasteiger partial charge in [0.05, 0.1) is 0 Å². The Bertz CT molecular complexity index is 1140. The Hall–Kier alpha value is -2.44. The van der Waals surface area contributed by atoms with Gasteiger partial charge < -0.3 is 5.32 Å². The number of rotatable bonds is 4. The van der Waals surface area contributed by atoms with E-state index in [2.05, 4.69) is 5.32 Å². The Balaban J connectivity index is 1.99. The summed E-state index contributed by atoms with van der Waals surface area (Å²) < 4.78 is 38.2. The number of fused-ring (bicyclic) bond motifs is 1. The van der Waals surface area contributed by atoms with Crippen LogP contribution >= 0.6 is 11.6 Å². The maximum atomic E-state index is 14.2. The van der Waals surface area contributed by atoms with Gasteiger partial charge in [-0.25, -0.2) is 12.8 Å². The second-order valence-electron chi connectivity index (χ2n) is 6.57. The summed E-state index contributed by atoms with van der Waals surface area (Å²) in [6.07, 6.45) is 0. The van der Waals surface area contributed by atoms with Crippen molar-refractivity contribution in [3.05, 3.63) is 71.5 Å². The zero-order valence-electron chi connectivity index (χ0n) is 14.7. The number of anilines is 1. The van der Waals surface area contributed by atoms with E-state index in [0.717, 1.165) is 22.9 Å². The first kappa shape index (κ1) is 19.3. The smallest absolute Gasteiger partial charge is 0.245 e. The molecule has 3 rings (SSSR count). The van der Waals surface area contributed by atoms with Gasteiger partial charge in [-0.15, -0.1) is 0 Å². The Morgan fingerprint density at radius 3 is 2.41 bits per heavy atom. The van der Waals surface area contributed by atoms with Crippen LogP contribution in [-0.4, -0.2) is 19.1 Å². The normalized spacial score (nSPS) is 12.1. The van der Waals surface area contributed by atoms with Crippen molar-refractivity contribution in [2.45, 2.75) is 23.5 Å². The molecule has 0 atom stereocenters. The molecule has 0 bridgehead atoms. The summed E-state index contributed by atoms with van der Waals surface area (Å²) in [7, 11) is -4.30. The maximum Gasteiger partial charge on any atom is 0.245 e. The molecule has 1 amide bonds. The van der Waals surface area contributed by atoms with E-state index in [1.807, 2.05) is 30.3 Å². The van der Waals surface area contributed by atoms with Gasteiger partial charge in [0.1, 0.15) is 15.5 Å². The number of hydrogen-bond donors (Lipinski definition) is 1. The van der Waals surface area contributed by atoms with E-state index >= 15 is 0 Å². The highest BCUT2D eigenvalue weighted by Gasteiger charge is 2.44. The summed E-state index contributed by atoms with van der Waals surface area (Å²) in [4.78, 5) is 12.3. The maximum absolute atomic E-state index is 14.2. The van der Waals surface area contributed by atoms with Crippen LogP contribution in [0.4, 0.5) is 10.1 Å². The number of benzene rings is 3. The predicted molar refractivity (Wildman–Crippen MR) is 105 cm³/mol. The van der Waals surface area contributed by atoms with E-state index in [1.54, 1.807) is 12.1 Å². The molecule has 7 heteroatoms. The molecule has 0 radical (unpaired) electrons. The van der Waals surface area contributed by atoms with Crippen LogP contribution in [0.3, 0.4) is 0 Å². The zero-order valence-corrected chi connectivity index (χ0v) is 16.2. The second-order valence-corrected chi connectivity index (χ2v) is 9.47. The lowest BCUT2D eigenvalue weighted by Crippen LogP contribution is -2.44. The summed E-state index contributed by atoms with van der Waals surface area (Å²) in [5.74, 6) is -1.75. The standard InChI is InChI=1S/C20H17ClFNO3S/c1-20(2,27(25,26)18-11-10-14(21)12-16(18)22)19(24)23-17-9-5-7-13-6-3-4-8-15(13)17/h3-12H,1-2H3,(H,23,24). The van der Waals surface area contributed by atoms with E-state index < -0.39 is 31.2 Å². The molecule has 0 heterocycles. The van der Waals surface area contributed by atoms with Crippen LogP contribution in [0.15, 0.2) is 65.6 Å². The molecule has 3 aromatic rings. The number of carbonyl (C=O) groups excluding carboxylic acids is 1. The van der Waals surface area contributed by atoms with Gasteiger partial charge in [-0.05, 0) is 43.5 Å². The van der Waals surface area contributed by atoms with Gasteiger partial charge in [-0.3, -0.25) is 4.79 Å². The topological polar surface area (TPSA) is 63.2 Å². The molecule has 0 aliphatic rings. The summed E-state index contributed by atoms with van der Waals surface area (Å²) >= 11 is 5.69. The predicted octanol–water partition coefficient (Wildman–Crippen LogP) is 4.82. The molecule has 0 aromatic heterocycles. The number of halogens is 2. The van der Waals surface area contributed by atoms with E-state index in [4.69, 9.17) is 11.6 Å². The highest BCUT2D eigenvalue weighted by atomic mass is 35.5. The first-order chi connectivity index (χ1) is 12.6. The van der Waals surface area contributed by atoms with Crippen molar-refractivity contribution in [1.29, 1.82) is 0 Å². The second kappa shape index (κ2) is 6.94. The van der Waals surface area contributed by atoms with Crippen molar-refractivity contribution in [3.8, 4) is 0 Å². The van der Waals surface area contributed by atoms with Crippen molar-refractivity contribution in [2.75, 3.05) is 5.32 Å². The third-order valence-electron chi connectivity index (χ3n) is 4.44. The van der Waals surface area contributed by atoms with Gasteiger partial charge in [0.15, 0.2) is 9.84 Å². The lowest BCUT2D eigenvalue weighted by molar-refractivity contribution is -0.117. The molecule has 0 saturated heterocycles. The van der Waals surface area contributed by atoms with Crippen LogP contribution in [0.25, 0.3) is 10.8 Å². The molecule has 0 spiro atoms. The van der Waals surface area contributed by atoms with Gasteiger partial charge >= 0.3 is 0 Å². The van der Waals surface area contributed by atoms with E-state index in [0.29, 0.717) is 5.69 Å². The van der Waals surface area contributed by atoms with Crippen LogP contribution in [0.2, 0.25) is 5.02 Å². The van der Waals surface area contributed by atoms with Gasteiger partial charge in [0, 0.05) is 16.1 Å². The summed E-state index contributed by atoms with van der Waals surface area (Å²) in [6, 6.07) is 16.0. The summed E-state index contributed by atoms with van der Waals surface area (Å²) in [5, 5.41) is 4.42. The van der Waals surface area contributed by atoms with Crippen molar-refractivity contribution in [2.24, 2.45) is 0 Å². The number of sulfone groups is 1. The molecule has 4 nitrogen and oxygen atoms in total. The average molecular weight is 406 g/mol. The minimum absolute atomic E-state index is 0.0736. The SMILES string of the molecule is CC(C)(C(=O)Nc1cccc2ccccc12)S(=O)(=O)c1ccc(Cl)cc1F. The van der Waals surface area contributed by atoms with Crippen molar-refractivity contribution < 1.29 is 17.6 Å². The molecule has 1 N–H and O–H groups in total. The van der Waals surface area contributed by atoms with E-state index in [-0.39, 0.29) is 5.02 Å². The highest BCUT2D eigenvalue weighted by Crippen LogP contribution is 2.31. The summed E-state index contributed by atoms with van der Waals surface area (Å²) in [5.41, 5.74) is 0.484. The molecular weight excluding hydrogens is 389 g/mol. The number of amides is 1. The Labute approximate surface area is 161 Å². The molecule has 140 valence electrons. The molecule has 3 aromatic carbocycles.